The summed E-state index contributed by atoms with van der Waals surface area (Å²) in [5, 5.41) is 9.00. The van der Waals surface area contributed by atoms with Crippen molar-refractivity contribution in [1.82, 2.24) is 4.31 Å². The second kappa shape index (κ2) is 5.61. The normalized spacial score (nSPS) is 21.2. The molecule has 106 valence electrons. The quantitative estimate of drug-likeness (QED) is 0.919. The van der Waals surface area contributed by atoms with Crippen LogP contribution in [0.2, 0.25) is 0 Å². The summed E-state index contributed by atoms with van der Waals surface area (Å²) in [4.78, 5) is 0.317. The monoisotopic (exact) mass is 283 g/mol. The lowest BCUT2D eigenvalue weighted by molar-refractivity contribution is 0.281. The highest BCUT2D eigenvalue weighted by atomic mass is 32.2. The molecule has 0 amide bonds. The SMILES string of the molecule is CC(C)C1CCCN1S(=O)(=O)c1ccc(CO)cc1. The Morgan fingerprint density at radius 2 is 1.95 bits per heavy atom. The number of aliphatic hydroxyl groups excluding tert-OH is 1. The topological polar surface area (TPSA) is 57.6 Å². The van der Waals surface area contributed by atoms with Crippen molar-refractivity contribution in [1.29, 1.82) is 0 Å². The van der Waals surface area contributed by atoms with Gasteiger partial charge in [-0.3, -0.25) is 0 Å². The van der Waals surface area contributed by atoms with Crippen LogP contribution in [-0.4, -0.2) is 30.4 Å². The highest BCUT2D eigenvalue weighted by Crippen LogP contribution is 2.30. The number of benzene rings is 1. The van der Waals surface area contributed by atoms with Gasteiger partial charge in [-0.2, -0.15) is 4.31 Å². The first-order valence-corrected chi connectivity index (χ1v) is 8.12. The minimum Gasteiger partial charge on any atom is -0.392 e. The van der Waals surface area contributed by atoms with Crippen molar-refractivity contribution in [2.45, 2.75) is 44.2 Å². The number of nitrogens with zero attached hydrogens (tertiary/aromatic N) is 1. The molecular weight excluding hydrogens is 262 g/mol. The van der Waals surface area contributed by atoms with Crippen molar-refractivity contribution in [2.75, 3.05) is 6.54 Å². The Hall–Kier alpha value is -0.910. The van der Waals surface area contributed by atoms with Crippen molar-refractivity contribution in [3.05, 3.63) is 29.8 Å². The lowest BCUT2D eigenvalue weighted by atomic mass is 10.0. The molecule has 1 N–H and O–H groups in total. The average molecular weight is 283 g/mol. The second-order valence-electron chi connectivity index (χ2n) is 5.37. The van der Waals surface area contributed by atoms with Crippen LogP contribution in [0.3, 0.4) is 0 Å². The maximum atomic E-state index is 12.6. The fourth-order valence-electron chi connectivity index (χ4n) is 2.63. The van der Waals surface area contributed by atoms with Gasteiger partial charge in [-0.25, -0.2) is 8.42 Å². The standard InChI is InChI=1S/C14H21NO3S/c1-11(2)14-4-3-9-15(14)19(17,18)13-7-5-12(10-16)6-8-13/h5-8,11,14,16H,3-4,9-10H2,1-2H3. The number of sulfonamides is 1. The van der Waals surface area contributed by atoms with E-state index in [4.69, 9.17) is 5.11 Å². The average Bonchev–Trinajstić information content (AvgIpc) is 2.89. The predicted octanol–water partition coefficient (Wildman–Crippen LogP) is 1.99. The van der Waals surface area contributed by atoms with E-state index in [0.29, 0.717) is 17.4 Å². The Labute approximate surface area is 115 Å². The molecule has 1 aromatic rings. The zero-order valence-electron chi connectivity index (χ0n) is 11.4. The predicted molar refractivity (Wildman–Crippen MR) is 74.1 cm³/mol. The van der Waals surface area contributed by atoms with Crippen molar-refractivity contribution < 1.29 is 13.5 Å². The van der Waals surface area contributed by atoms with E-state index in [9.17, 15) is 8.42 Å². The summed E-state index contributed by atoms with van der Waals surface area (Å²) in [5.74, 6) is 0.328. The van der Waals surface area contributed by atoms with E-state index in [-0.39, 0.29) is 12.6 Å². The maximum absolute atomic E-state index is 12.6. The van der Waals surface area contributed by atoms with Crippen LogP contribution in [0.4, 0.5) is 0 Å². The van der Waals surface area contributed by atoms with E-state index < -0.39 is 10.0 Å². The van der Waals surface area contributed by atoms with Crippen molar-refractivity contribution in [2.24, 2.45) is 5.92 Å². The van der Waals surface area contributed by atoms with Crippen LogP contribution < -0.4 is 0 Å². The fraction of sp³-hybridized carbons (Fsp3) is 0.571. The first-order chi connectivity index (χ1) is 8.96. The van der Waals surface area contributed by atoms with Gasteiger partial charge in [0, 0.05) is 12.6 Å². The van der Waals surface area contributed by atoms with E-state index in [1.54, 1.807) is 28.6 Å². The molecule has 1 aliphatic rings. The first kappa shape index (κ1) is 14.5. The van der Waals surface area contributed by atoms with Gasteiger partial charge in [0.25, 0.3) is 0 Å². The van der Waals surface area contributed by atoms with E-state index in [2.05, 4.69) is 13.8 Å². The van der Waals surface area contributed by atoms with Gasteiger partial charge in [-0.15, -0.1) is 0 Å². The van der Waals surface area contributed by atoms with Gasteiger partial charge in [-0.05, 0) is 36.5 Å². The molecule has 0 aromatic heterocycles. The Morgan fingerprint density at radius 1 is 1.32 bits per heavy atom. The van der Waals surface area contributed by atoms with E-state index in [1.165, 1.54) is 0 Å². The summed E-state index contributed by atoms with van der Waals surface area (Å²) < 4.78 is 26.9. The summed E-state index contributed by atoms with van der Waals surface area (Å²) in [6.45, 7) is 4.66. The molecule has 4 nitrogen and oxygen atoms in total. The van der Waals surface area contributed by atoms with Gasteiger partial charge in [-0.1, -0.05) is 26.0 Å². The van der Waals surface area contributed by atoms with Crippen LogP contribution in [0.5, 0.6) is 0 Å². The second-order valence-corrected chi connectivity index (χ2v) is 7.26. The third-order valence-electron chi connectivity index (χ3n) is 3.73. The van der Waals surface area contributed by atoms with Gasteiger partial charge in [0.1, 0.15) is 0 Å². The van der Waals surface area contributed by atoms with Crippen LogP contribution >= 0.6 is 0 Å². The molecule has 1 atom stereocenters. The molecule has 1 heterocycles. The lowest BCUT2D eigenvalue weighted by Gasteiger charge is -2.26. The molecule has 1 aliphatic heterocycles. The summed E-state index contributed by atoms with van der Waals surface area (Å²) in [7, 11) is -3.41. The molecule has 2 rings (SSSR count). The summed E-state index contributed by atoms with van der Waals surface area (Å²) in [6.07, 6.45) is 1.86. The Kier molecular flexibility index (Phi) is 4.28. The molecule has 1 saturated heterocycles. The highest BCUT2D eigenvalue weighted by Gasteiger charge is 2.36. The largest absolute Gasteiger partial charge is 0.392 e. The number of aliphatic hydroxyl groups is 1. The smallest absolute Gasteiger partial charge is 0.243 e. The molecular formula is C14H21NO3S. The molecule has 1 unspecified atom stereocenters. The molecule has 19 heavy (non-hydrogen) atoms. The summed E-state index contributed by atoms with van der Waals surface area (Å²) in [5.41, 5.74) is 0.723. The number of rotatable bonds is 4. The van der Waals surface area contributed by atoms with Gasteiger partial charge in [0.05, 0.1) is 11.5 Å². The maximum Gasteiger partial charge on any atom is 0.243 e. The number of hydrogen-bond donors (Lipinski definition) is 1. The minimum atomic E-state index is -3.41. The summed E-state index contributed by atoms with van der Waals surface area (Å²) >= 11 is 0. The molecule has 0 spiro atoms. The van der Waals surface area contributed by atoms with Crippen LogP contribution in [0.1, 0.15) is 32.3 Å². The first-order valence-electron chi connectivity index (χ1n) is 6.68. The van der Waals surface area contributed by atoms with E-state index >= 15 is 0 Å². The number of hydrogen-bond acceptors (Lipinski definition) is 3. The zero-order chi connectivity index (χ0) is 14.0. The van der Waals surface area contributed by atoms with Crippen LogP contribution in [0, 0.1) is 5.92 Å². The molecule has 1 aromatic carbocycles. The van der Waals surface area contributed by atoms with Crippen LogP contribution in [-0.2, 0) is 16.6 Å². The molecule has 5 heteroatoms. The molecule has 0 bridgehead atoms. The lowest BCUT2D eigenvalue weighted by Crippen LogP contribution is -2.38. The summed E-state index contributed by atoms with van der Waals surface area (Å²) in [6, 6.07) is 6.58. The molecule has 0 radical (unpaired) electrons. The molecule has 1 fully saturated rings. The van der Waals surface area contributed by atoms with Gasteiger partial charge >= 0.3 is 0 Å². The third kappa shape index (κ3) is 2.83. The molecule has 0 saturated carbocycles. The highest BCUT2D eigenvalue weighted by molar-refractivity contribution is 7.89. The van der Waals surface area contributed by atoms with Crippen molar-refractivity contribution in [3.8, 4) is 0 Å². The zero-order valence-corrected chi connectivity index (χ0v) is 12.2. The van der Waals surface area contributed by atoms with Crippen molar-refractivity contribution >= 4 is 10.0 Å². The van der Waals surface area contributed by atoms with Crippen LogP contribution in [0.15, 0.2) is 29.2 Å². The van der Waals surface area contributed by atoms with E-state index in [1.807, 2.05) is 0 Å². The Balaban J connectivity index is 2.30. The fourth-order valence-corrected chi connectivity index (χ4v) is 4.46. The van der Waals surface area contributed by atoms with E-state index in [0.717, 1.165) is 18.4 Å². The van der Waals surface area contributed by atoms with Crippen LogP contribution in [0.25, 0.3) is 0 Å². The minimum absolute atomic E-state index is 0.0708. The Morgan fingerprint density at radius 3 is 2.47 bits per heavy atom. The van der Waals surface area contributed by atoms with Crippen molar-refractivity contribution in [3.63, 3.8) is 0 Å². The van der Waals surface area contributed by atoms with Gasteiger partial charge in [0.2, 0.25) is 10.0 Å². The van der Waals surface area contributed by atoms with Gasteiger partial charge < -0.3 is 5.11 Å². The molecule has 0 aliphatic carbocycles. The Bertz CT molecular complexity index is 522. The third-order valence-corrected chi connectivity index (χ3v) is 5.67. The van der Waals surface area contributed by atoms with Gasteiger partial charge in [0.15, 0.2) is 0 Å².